The van der Waals surface area contributed by atoms with Crippen molar-refractivity contribution in [2.45, 2.75) is 38.1 Å². The Kier molecular flexibility index (Phi) is 3.25. The molecule has 0 aromatic rings. The fraction of sp³-hybridized carbons (Fsp3) is 0.857. The summed E-state index contributed by atoms with van der Waals surface area (Å²) in [6.45, 7) is 0.432. The van der Waals surface area contributed by atoms with Gasteiger partial charge in [0, 0.05) is 12.6 Å². The summed E-state index contributed by atoms with van der Waals surface area (Å²) in [4.78, 5) is 25.1. The van der Waals surface area contributed by atoms with Gasteiger partial charge in [-0.05, 0) is 49.9 Å². The maximum Gasteiger partial charge on any atom is 0.323 e. The first-order chi connectivity index (χ1) is 9.06. The Hall–Kier alpha value is -1.10. The van der Waals surface area contributed by atoms with Crippen LogP contribution in [0.2, 0.25) is 0 Å². The Morgan fingerprint density at radius 2 is 1.84 bits per heavy atom. The number of nitrogens with two attached hydrogens (primary N) is 1. The molecule has 0 aromatic heterocycles. The molecule has 0 aliphatic heterocycles. The van der Waals surface area contributed by atoms with Crippen molar-refractivity contribution in [2.24, 2.45) is 29.4 Å². The first kappa shape index (κ1) is 12.9. The van der Waals surface area contributed by atoms with E-state index in [9.17, 15) is 9.59 Å². The average Bonchev–Trinajstić information content (AvgIpc) is 2.95. The number of carboxylic acids is 1. The molecule has 3 aliphatic carbocycles. The predicted octanol–water partition coefficient (Wildman–Crippen LogP) is 0.683. The van der Waals surface area contributed by atoms with Crippen LogP contribution >= 0.6 is 0 Å². The van der Waals surface area contributed by atoms with Crippen molar-refractivity contribution in [3.8, 4) is 0 Å². The number of carbonyl (C=O) groups excluding carboxylic acids is 1. The molecule has 0 spiro atoms. The van der Waals surface area contributed by atoms with Crippen molar-refractivity contribution < 1.29 is 14.7 Å². The molecule has 1 amide bonds. The molecular formula is C14H22N2O3. The van der Waals surface area contributed by atoms with Gasteiger partial charge in [-0.15, -0.1) is 0 Å². The fourth-order valence-corrected chi connectivity index (χ4v) is 3.92. The number of nitrogens with zero attached hydrogens (tertiary/aromatic N) is 1. The van der Waals surface area contributed by atoms with Crippen molar-refractivity contribution in [3.05, 3.63) is 0 Å². The van der Waals surface area contributed by atoms with Crippen LogP contribution in [0.3, 0.4) is 0 Å². The van der Waals surface area contributed by atoms with Crippen molar-refractivity contribution >= 4 is 11.9 Å². The molecule has 19 heavy (non-hydrogen) atoms. The summed E-state index contributed by atoms with van der Waals surface area (Å²) >= 11 is 0. The van der Waals surface area contributed by atoms with E-state index in [1.807, 2.05) is 0 Å². The van der Waals surface area contributed by atoms with Gasteiger partial charge in [0.2, 0.25) is 5.91 Å². The van der Waals surface area contributed by atoms with Gasteiger partial charge in [-0.3, -0.25) is 9.59 Å². The molecule has 3 rings (SSSR count). The molecule has 3 aliphatic rings. The second-order valence-corrected chi connectivity index (χ2v) is 6.49. The van der Waals surface area contributed by atoms with E-state index in [0.29, 0.717) is 24.3 Å². The number of carboxylic acid groups (broad SMARTS) is 1. The van der Waals surface area contributed by atoms with Crippen molar-refractivity contribution in [3.63, 3.8) is 0 Å². The minimum absolute atomic E-state index is 0.00556. The molecule has 3 fully saturated rings. The highest BCUT2D eigenvalue weighted by Gasteiger charge is 2.50. The summed E-state index contributed by atoms with van der Waals surface area (Å²) in [5.74, 6) is 0.323. The lowest BCUT2D eigenvalue weighted by Crippen LogP contribution is -2.49. The third-order valence-corrected chi connectivity index (χ3v) is 5.08. The lowest BCUT2D eigenvalue weighted by atomic mass is 9.84. The second kappa shape index (κ2) is 4.78. The van der Waals surface area contributed by atoms with Crippen LogP contribution in [0.5, 0.6) is 0 Å². The van der Waals surface area contributed by atoms with Gasteiger partial charge in [-0.1, -0.05) is 0 Å². The average molecular weight is 266 g/mol. The van der Waals surface area contributed by atoms with Gasteiger partial charge in [0.15, 0.2) is 0 Å². The molecule has 0 aromatic carbocycles. The molecule has 3 saturated carbocycles. The van der Waals surface area contributed by atoms with Gasteiger partial charge in [0.25, 0.3) is 0 Å². The maximum atomic E-state index is 12.6. The summed E-state index contributed by atoms with van der Waals surface area (Å²) in [5.41, 5.74) is 6.19. The molecule has 4 atom stereocenters. The quantitative estimate of drug-likeness (QED) is 0.766. The SMILES string of the molecule is NC1C2CCC(C2)C1C(=O)N(CC(=O)O)CC1CC1. The molecule has 2 bridgehead atoms. The number of aliphatic carboxylic acids is 1. The third kappa shape index (κ3) is 2.48. The first-order valence-electron chi connectivity index (χ1n) is 7.32. The van der Waals surface area contributed by atoms with Gasteiger partial charge in [-0.25, -0.2) is 0 Å². The maximum absolute atomic E-state index is 12.6. The number of amides is 1. The fourth-order valence-electron chi connectivity index (χ4n) is 3.92. The highest BCUT2D eigenvalue weighted by atomic mass is 16.4. The number of hydrogen-bond donors (Lipinski definition) is 2. The molecule has 0 heterocycles. The van der Waals surface area contributed by atoms with E-state index in [0.717, 1.165) is 32.1 Å². The number of fused-ring (bicyclic) bond motifs is 2. The third-order valence-electron chi connectivity index (χ3n) is 5.08. The van der Waals surface area contributed by atoms with Crippen molar-refractivity contribution in [2.75, 3.05) is 13.1 Å². The van der Waals surface area contributed by atoms with Crippen LogP contribution in [0.25, 0.3) is 0 Å². The number of hydrogen-bond acceptors (Lipinski definition) is 3. The molecule has 4 unspecified atom stereocenters. The van der Waals surface area contributed by atoms with Crippen LogP contribution in [0.1, 0.15) is 32.1 Å². The Labute approximate surface area is 113 Å². The van der Waals surface area contributed by atoms with Crippen LogP contribution in [0.4, 0.5) is 0 Å². The Morgan fingerprint density at radius 1 is 1.16 bits per heavy atom. The predicted molar refractivity (Wildman–Crippen MR) is 69.2 cm³/mol. The van der Waals surface area contributed by atoms with Crippen LogP contribution in [-0.4, -0.2) is 41.0 Å². The Bertz CT molecular complexity index is 392. The van der Waals surface area contributed by atoms with Crippen LogP contribution in [0, 0.1) is 23.7 Å². The summed E-state index contributed by atoms with van der Waals surface area (Å²) in [7, 11) is 0. The number of carbonyl (C=O) groups is 2. The molecule has 5 nitrogen and oxygen atoms in total. The zero-order chi connectivity index (χ0) is 13.6. The molecule has 106 valence electrons. The van der Waals surface area contributed by atoms with Crippen LogP contribution in [0.15, 0.2) is 0 Å². The topological polar surface area (TPSA) is 83.6 Å². The monoisotopic (exact) mass is 266 g/mol. The van der Waals surface area contributed by atoms with E-state index < -0.39 is 5.97 Å². The van der Waals surface area contributed by atoms with E-state index in [2.05, 4.69) is 0 Å². The van der Waals surface area contributed by atoms with Gasteiger partial charge >= 0.3 is 5.97 Å². The normalized spacial score (nSPS) is 36.5. The zero-order valence-corrected chi connectivity index (χ0v) is 11.1. The summed E-state index contributed by atoms with van der Waals surface area (Å²) in [6.07, 6.45) is 5.51. The summed E-state index contributed by atoms with van der Waals surface area (Å²) < 4.78 is 0. The molecular weight excluding hydrogens is 244 g/mol. The van der Waals surface area contributed by atoms with Gasteiger partial charge < -0.3 is 15.7 Å². The van der Waals surface area contributed by atoms with Crippen molar-refractivity contribution in [1.29, 1.82) is 0 Å². The smallest absolute Gasteiger partial charge is 0.323 e. The molecule has 3 N–H and O–H groups in total. The largest absolute Gasteiger partial charge is 0.480 e. The summed E-state index contributed by atoms with van der Waals surface area (Å²) in [5, 5.41) is 8.98. The van der Waals surface area contributed by atoms with E-state index in [1.54, 1.807) is 4.90 Å². The van der Waals surface area contributed by atoms with E-state index >= 15 is 0 Å². The second-order valence-electron chi connectivity index (χ2n) is 6.49. The number of rotatable bonds is 5. The minimum Gasteiger partial charge on any atom is -0.480 e. The van der Waals surface area contributed by atoms with Crippen molar-refractivity contribution in [1.82, 2.24) is 4.90 Å². The first-order valence-corrected chi connectivity index (χ1v) is 7.32. The van der Waals surface area contributed by atoms with Gasteiger partial charge in [-0.2, -0.15) is 0 Å². The van der Waals surface area contributed by atoms with E-state index in [4.69, 9.17) is 10.8 Å². The van der Waals surface area contributed by atoms with Crippen LogP contribution in [-0.2, 0) is 9.59 Å². The zero-order valence-electron chi connectivity index (χ0n) is 11.1. The van der Waals surface area contributed by atoms with Gasteiger partial charge in [0.05, 0.1) is 5.92 Å². The van der Waals surface area contributed by atoms with E-state index in [-0.39, 0.29) is 24.4 Å². The Morgan fingerprint density at radius 3 is 2.37 bits per heavy atom. The lowest BCUT2D eigenvalue weighted by molar-refractivity contribution is -0.147. The molecule has 0 radical (unpaired) electrons. The summed E-state index contributed by atoms with van der Waals surface area (Å²) in [6, 6.07) is -0.0539. The highest BCUT2D eigenvalue weighted by molar-refractivity contribution is 5.84. The standard InChI is InChI=1S/C14H22N2O3/c15-13-10-4-3-9(5-10)12(13)14(19)16(7-11(17)18)6-8-1-2-8/h8-10,12-13H,1-7,15H2,(H,17,18). The van der Waals surface area contributed by atoms with Gasteiger partial charge in [0.1, 0.15) is 6.54 Å². The molecule has 0 saturated heterocycles. The minimum atomic E-state index is -0.925. The molecule has 5 heteroatoms. The highest BCUT2D eigenvalue weighted by Crippen LogP contribution is 2.48. The van der Waals surface area contributed by atoms with Crippen LogP contribution < -0.4 is 5.73 Å². The lowest BCUT2D eigenvalue weighted by Gasteiger charge is -2.32. The Balaban J connectivity index is 1.70. The van der Waals surface area contributed by atoms with E-state index in [1.165, 1.54) is 0 Å².